The van der Waals surface area contributed by atoms with Crippen molar-refractivity contribution in [2.24, 2.45) is 10.7 Å². The molecule has 8 nitrogen and oxygen atoms in total. The molecule has 1 aromatic heterocycles. The monoisotopic (exact) mass is 553 g/mol. The number of carbonyl (C=O) groups excluding carboxylic acids is 1. The molecule has 0 radical (unpaired) electrons. The van der Waals surface area contributed by atoms with Gasteiger partial charge < -0.3 is 21.3 Å². The second kappa shape index (κ2) is 14.6. The molecule has 0 aliphatic carbocycles. The van der Waals surface area contributed by atoms with Crippen LogP contribution in [0.15, 0.2) is 64.9 Å². The standard InChI is InChI=1S/C33H43N7O/c1-5-15-36-32-29(24(4)40(17-6-2)18-7-3)21-30(38-32)26-10-12-28(13-11-26)37-33(41)31-20-25(14-16-35-31)22-39-19-8-9-27(34)23-39/h10-14,16,20-21,27H,6-9,17-19,22-23,34H2,1-4H3,(H,36,38)(H,37,41)/b29-24+. The molecule has 0 spiro atoms. The van der Waals surface area contributed by atoms with E-state index in [1.165, 1.54) is 5.70 Å². The van der Waals surface area contributed by atoms with E-state index in [1.54, 1.807) is 13.1 Å². The zero-order valence-electron chi connectivity index (χ0n) is 24.8. The second-order valence-electron chi connectivity index (χ2n) is 10.7. The SMILES string of the molecule is CC#CN=C1NC(c2ccc(NC(=O)c3cc(CN4CCCC(N)C4)ccn3)cc2)=C/C1=C(/C)N(CCC)CCC. The van der Waals surface area contributed by atoms with E-state index in [0.717, 1.165) is 86.6 Å². The van der Waals surface area contributed by atoms with E-state index < -0.39 is 0 Å². The number of allylic oxidation sites excluding steroid dienone is 1. The molecule has 2 aliphatic rings. The quantitative estimate of drug-likeness (QED) is 0.359. The third kappa shape index (κ3) is 8.06. The van der Waals surface area contributed by atoms with Crippen molar-refractivity contribution in [3.8, 4) is 12.0 Å². The van der Waals surface area contributed by atoms with Crippen LogP contribution in [0.2, 0.25) is 0 Å². The number of carbonyl (C=O) groups is 1. The zero-order valence-corrected chi connectivity index (χ0v) is 24.8. The van der Waals surface area contributed by atoms with E-state index in [1.807, 2.05) is 36.4 Å². The van der Waals surface area contributed by atoms with Gasteiger partial charge in [-0.25, -0.2) is 0 Å². The molecule has 1 unspecified atom stereocenters. The summed E-state index contributed by atoms with van der Waals surface area (Å²) in [5.41, 5.74) is 12.5. The van der Waals surface area contributed by atoms with Crippen LogP contribution in [0.3, 0.4) is 0 Å². The van der Waals surface area contributed by atoms with Crippen LogP contribution in [0.25, 0.3) is 5.70 Å². The van der Waals surface area contributed by atoms with Gasteiger partial charge in [0, 0.05) is 67.1 Å². The van der Waals surface area contributed by atoms with Gasteiger partial charge in [0.2, 0.25) is 0 Å². The predicted molar refractivity (Wildman–Crippen MR) is 168 cm³/mol. The van der Waals surface area contributed by atoms with E-state index in [2.05, 4.69) is 69.2 Å². The molecule has 2 aliphatic heterocycles. The van der Waals surface area contributed by atoms with Crippen molar-refractivity contribution in [2.45, 2.75) is 66.0 Å². The summed E-state index contributed by atoms with van der Waals surface area (Å²) >= 11 is 0. The molecule has 41 heavy (non-hydrogen) atoms. The number of pyridine rings is 1. The van der Waals surface area contributed by atoms with Crippen molar-refractivity contribution in [3.05, 3.63) is 76.8 Å². The fourth-order valence-electron chi connectivity index (χ4n) is 5.35. The molecular weight excluding hydrogens is 510 g/mol. The van der Waals surface area contributed by atoms with E-state index in [4.69, 9.17) is 5.73 Å². The second-order valence-corrected chi connectivity index (χ2v) is 10.7. The number of nitrogens with zero attached hydrogens (tertiary/aromatic N) is 4. The maximum absolute atomic E-state index is 13.0. The molecule has 0 saturated carbocycles. The largest absolute Gasteiger partial charge is 0.374 e. The number of amides is 1. The van der Waals surface area contributed by atoms with Gasteiger partial charge in [0.25, 0.3) is 5.91 Å². The van der Waals surface area contributed by atoms with Crippen molar-refractivity contribution in [3.63, 3.8) is 0 Å². The van der Waals surface area contributed by atoms with Crippen molar-refractivity contribution in [2.75, 3.05) is 31.5 Å². The highest BCUT2D eigenvalue weighted by Crippen LogP contribution is 2.26. The summed E-state index contributed by atoms with van der Waals surface area (Å²) in [6, 6.07) is 14.7. The number of aromatic nitrogens is 1. The first kappa shape index (κ1) is 30.0. The summed E-state index contributed by atoms with van der Waals surface area (Å²) in [5, 5.41) is 6.44. The lowest BCUT2D eigenvalue weighted by atomic mass is 10.1. The number of likely N-dealkylation sites (tertiary alicyclic amines) is 1. The summed E-state index contributed by atoms with van der Waals surface area (Å²) in [6.07, 6.45) is 8.18. The number of piperidine rings is 1. The van der Waals surface area contributed by atoms with Crippen LogP contribution < -0.4 is 16.4 Å². The smallest absolute Gasteiger partial charge is 0.274 e. The molecule has 1 atom stereocenters. The predicted octanol–water partition coefficient (Wildman–Crippen LogP) is 4.98. The number of rotatable bonds is 10. The van der Waals surface area contributed by atoms with Crippen molar-refractivity contribution in [1.29, 1.82) is 0 Å². The summed E-state index contributed by atoms with van der Waals surface area (Å²) < 4.78 is 0. The third-order valence-electron chi connectivity index (χ3n) is 7.39. The average molecular weight is 554 g/mol. The van der Waals surface area contributed by atoms with Crippen LogP contribution in [0, 0.1) is 12.0 Å². The molecule has 4 N–H and O–H groups in total. The number of hydrogen-bond donors (Lipinski definition) is 3. The number of benzene rings is 1. The number of nitrogens with one attached hydrogen (secondary N) is 2. The Bertz CT molecular complexity index is 1360. The molecule has 1 saturated heterocycles. The Balaban J connectivity index is 1.47. The molecular formula is C33H43N7O. The molecule has 2 aromatic rings. The van der Waals surface area contributed by atoms with Crippen molar-refractivity contribution in [1.82, 2.24) is 20.1 Å². The van der Waals surface area contributed by atoms with Crippen LogP contribution in [-0.2, 0) is 6.54 Å². The van der Waals surface area contributed by atoms with Gasteiger partial charge in [-0.05, 0) is 87.5 Å². The molecule has 3 heterocycles. The van der Waals surface area contributed by atoms with E-state index in [9.17, 15) is 4.79 Å². The van der Waals surface area contributed by atoms with Crippen LogP contribution in [-0.4, -0.2) is 58.7 Å². The Kier molecular flexibility index (Phi) is 10.7. The van der Waals surface area contributed by atoms with Gasteiger partial charge in [-0.1, -0.05) is 31.9 Å². The van der Waals surface area contributed by atoms with E-state index in [-0.39, 0.29) is 11.9 Å². The first-order chi connectivity index (χ1) is 19.9. The number of anilines is 1. The molecule has 8 heteroatoms. The van der Waals surface area contributed by atoms with Crippen LogP contribution >= 0.6 is 0 Å². The third-order valence-corrected chi connectivity index (χ3v) is 7.39. The van der Waals surface area contributed by atoms with Gasteiger partial charge >= 0.3 is 0 Å². The number of nitrogens with two attached hydrogens (primary N) is 1. The van der Waals surface area contributed by atoms with E-state index in [0.29, 0.717) is 11.4 Å². The summed E-state index contributed by atoms with van der Waals surface area (Å²) in [6.45, 7) is 13.0. The van der Waals surface area contributed by atoms with Gasteiger partial charge in [-0.2, -0.15) is 4.99 Å². The number of amidine groups is 1. The van der Waals surface area contributed by atoms with E-state index >= 15 is 0 Å². The minimum Gasteiger partial charge on any atom is -0.374 e. The molecule has 0 bridgehead atoms. The summed E-state index contributed by atoms with van der Waals surface area (Å²) in [5.74, 6) is 3.40. The van der Waals surface area contributed by atoms with Crippen molar-refractivity contribution < 1.29 is 4.79 Å². The summed E-state index contributed by atoms with van der Waals surface area (Å²) in [7, 11) is 0. The average Bonchev–Trinajstić information content (AvgIpc) is 3.40. The highest BCUT2D eigenvalue weighted by Gasteiger charge is 2.22. The molecule has 1 amide bonds. The number of hydrogen-bond acceptors (Lipinski definition) is 6. The van der Waals surface area contributed by atoms with Crippen LogP contribution in [0.4, 0.5) is 5.69 Å². The van der Waals surface area contributed by atoms with Gasteiger partial charge in [-0.15, -0.1) is 0 Å². The Morgan fingerprint density at radius 1 is 1.22 bits per heavy atom. The van der Waals surface area contributed by atoms with Crippen LogP contribution in [0.5, 0.6) is 0 Å². The Morgan fingerprint density at radius 2 is 1.98 bits per heavy atom. The minimum absolute atomic E-state index is 0.221. The molecule has 1 fully saturated rings. The molecule has 216 valence electrons. The zero-order chi connectivity index (χ0) is 29.2. The first-order valence-electron chi connectivity index (χ1n) is 14.7. The molecule has 1 aromatic carbocycles. The minimum atomic E-state index is -0.228. The lowest BCUT2D eigenvalue weighted by Crippen LogP contribution is -2.42. The highest BCUT2D eigenvalue weighted by molar-refractivity contribution is 6.12. The topological polar surface area (TPSA) is 98.9 Å². The number of aliphatic imine (C=N–C) groups is 1. The van der Waals surface area contributed by atoms with Gasteiger partial charge in [0.15, 0.2) is 0 Å². The van der Waals surface area contributed by atoms with Crippen LogP contribution in [0.1, 0.15) is 75.0 Å². The maximum atomic E-state index is 13.0. The van der Waals surface area contributed by atoms with Crippen molar-refractivity contribution >= 4 is 23.1 Å². The normalized spacial score (nSPS) is 19.2. The lowest BCUT2D eigenvalue weighted by molar-refractivity contribution is 0.102. The van der Waals surface area contributed by atoms with Gasteiger partial charge in [-0.3, -0.25) is 14.7 Å². The molecule has 4 rings (SSSR count). The Labute approximate surface area is 244 Å². The van der Waals surface area contributed by atoms with Gasteiger partial charge in [0.1, 0.15) is 11.5 Å². The van der Waals surface area contributed by atoms with Gasteiger partial charge in [0.05, 0.1) is 0 Å². The first-order valence-corrected chi connectivity index (χ1v) is 14.7. The lowest BCUT2D eigenvalue weighted by Gasteiger charge is -2.30. The Hall–Kier alpha value is -3.93. The fourth-order valence-corrected chi connectivity index (χ4v) is 5.35. The summed E-state index contributed by atoms with van der Waals surface area (Å²) in [4.78, 5) is 26.6. The fraction of sp³-hybridized carbons (Fsp3) is 0.424. The highest BCUT2D eigenvalue weighted by atomic mass is 16.1. The Morgan fingerprint density at radius 3 is 2.66 bits per heavy atom. The maximum Gasteiger partial charge on any atom is 0.274 e.